The van der Waals surface area contributed by atoms with Crippen LogP contribution in [-0.4, -0.2) is 38.8 Å². The molecule has 0 amide bonds. The van der Waals surface area contributed by atoms with Crippen molar-refractivity contribution in [3.63, 3.8) is 0 Å². The summed E-state index contributed by atoms with van der Waals surface area (Å²) in [5, 5.41) is 3.01. The first kappa shape index (κ1) is 15.5. The minimum Gasteiger partial charge on any atom is -0.346 e. The van der Waals surface area contributed by atoms with Crippen LogP contribution >= 0.6 is 11.3 Å². The van der Waals surface area contributed by atoms with Crippen LogP contribution in [0, 0.1) is 0 Å². The van der Waals surface area contributed by atoms with E-state index >= 15 is 0 Å². The van der Waals surface area contributed by atoms with Gasteiger partial charge in [0.05, 0.1) is 11.9 Å². The molecule has 1 fully saturated rings. The lowest BCUT2D eigenvalue weighted by atomic mass is 10.1. The predicted molar refractivity (Wildman–Crippen MR) is 90.8 cm³/mol. The summed E-state index contributed by atoms with van der Waals surface area (Å²) in [7, 11) is -3.16. The third kappa shape index (κ3) is 3.85. The highest BCUT2D eigenvalue weighted by Gasteiger charge is 2.24. The summed E-state index contributed by atoms with van der Waals surface area (Å²) in [6.07, 6.45) is 3.05. The first-order valence-corrected chi connectivity index (χ1v) is 10.0. The van der Waals surface area contributed by atoms with Crippen molar-refractivity contribution < 1.29 is 8.42 Å². The van der Waals surface area contributed by atoms with Crippen LogP contribution in [-0.2, 0) is 10.0 Å². The molecule has 3 rings (SSSR count). The monoisotopic (exact) mass is 337 g/mol. The summed E-state index contributed by atoms with van der Waals surface area (Å²) in [4.78, 5) is 6.87. The highest BCUT2D eigenvalue weighted by atomic mass is 32.2. The Morgan fingerprint density at radius 3 is 2.82 bits per heavy atom. The van der Waals surface area contributed by atoms with Crippen molar-refractivity contribution in [1.29, 1.82) is 0 Å². The number of nitrogens with zero attached hydrogens (tertiary/aromatic N) is 2. The first-order valence-electron chi connectivity index (χ1n) is 7.24. The van der Waals surface area contributed by atoms with E-state index in [1.807, 2.05) is 30.3 Å². The van der Waals surface area contributed by atoms with E-state index in [-0.39, 0.29) is 6.04 Å². The number of hydrogen-bond acceptors (Lipinski definition) is 5. The van der Waals surface area contributed by atoms with Crippen LogP contribution in [0.3, 0.4) is 0 Å². The maximum atomic E-state index is 11.4. The molecule has 0 aliphatic carbocycles. The summed E-state index contributed by atoms with van der Waals surface area (Å²) in [5.74, 6) is 0. The second kappa shape index (κ2) is 6.36. The molecule has 0 radical (unpaired) electrons. The van der Waals surface area contributed by atoms with E-state index in [0.717, 1.165) is 35.8 Å². The highest BCUT2D eigenvalue weighted by molar-refractivity contribution is 7.88. The van der Waals surface area contributed by atoms with Gasteiger partial charge in [-0.25, -0.2) is 18.1 Å². The number of hydrogen-bond donors (Lipinski definition) is 1. The fraction of sp³-hybridized carbons (Fsp3) is 0.400. The Morgan fingerprint density at radius 1 is 1.32 bits per heavy atom. The summed E-state index contributed by atoms with van der Waals surface area (Å²) in [6, 6.07) is 10.0. The van der Waals surface area contributed by atoms with Crippen LogP contribution < -0.4 is 9.62 Å². The van der Waals surface area contributed by atoms with Crippen molar-refractivity contribution in [1.82, 2.24) is 9.71 Å². The number of rotatable bonds is 4. The molecule has 1 aromatic carbocycles. The SMILES string of the molecule is CS(=O)(=O)N[C@H]1CCCN(c2nc(-c3ccccc3)cs2)C1. The zero-order valence-corrected chi connectivity index (χ0v) is 14.0. The molecule has 118 valence electrons. The minimum atomic E-state index is -3.16. The molecule has 0 unspecified atom stereocenters. The standard InChI is InChI=1S/C15H19N3O2S2/c1-22(19,20)17-13-8-5-9-18(10-13)15-16-14(11-21-15)12-6-3-2-4-7-12/h2-4,6-7,11,13,17H,5,8-10H2,1H3/t13-/m0/s1. The predicted octanol–water partition coefficient (Wildman–Crippen LogP) is 2.33. The maximum Gasteiger partial charge on any atom is 0.209 e. The van der Waals surface area contributed by atoms with Crippen LogP contribution in [0.5, 0.6) is 0 Å². The van der Waals surface area contributed by atoms with E-state index in [0.29, 0.717) is 6.54 Å². The zero-order chi connectivity index (χ0) is 15.6. The average molecular weight is 337 g/mol. The lowest BCUT2D eigenvalue weighted by Crippen LogP contribution is -2.47. The van der Waals surface area contributed by atoms with Crippen LogP contribution in [0.15, 0.2) is 35.7 Å². The van der Waals surface area contributed by atoms with Gasteiger partial charge in [-0.3, -0.25) is 0 Å². The number of nitrogens with one attached hydrogen (secondary N) is 1. The number of anilines is 1. The molecule has 1 N–H and O–H groups in total. The van der Waals surface area contributed by atoms with Crippen molar-refractivity contribution in [2.45, 2.75) is 18.9 Å². The van der Waals surface area contributed by atoms with Crippen LogP contribution in [0.1, 0.15) is 12.8 Å². The number of aromatic nitrogens is 1. The van der Waals surface area contributed by atoms with Gasteiger partial charge in [-0.1, -0.05) is 30.3 Å². The number of piperidine rings is 1. The molecule has 5 nitrogen and oxygen atoms in total. The topological polar surface area (TPSA) is 62.3 Å². The number of thiazole rings is 1. The molecule has 1 aliphatic rings. The Morgan fingerprint density at radius 2 is 2.09 bits per heavy atom. The first-order chi connectivity index (χ1) is 10.5. The molecule has 0 saturated carbocycles. The van der Waals surface area contributed by atoms with Gasteiger partial charge in [0.25, 0.3) is 0 Å². The molecule has 0 spiro atoms. The normalized spacial score (nSPS) is 19.3. The molecule has 1 aliphatic heterocycles. The Kier molecular flexibility index (Phi) is 4.46. The smallest absolute Gasteiger partial charge is 0.209 e. The third-order valence-electron chi connectivity index (χ3n) is 3.63. The van der Waals surface area contributed by atoms with Crippen molar-refractivity contribution >= 4 is 26.5 Å². The molecule has 1 aromatic heterocycles. The lowest BCUT2D eigenvalue weighted by Gasteiger charge is -2.32. The quantitative estimate of drug-likeness (QED) is 0.930. The maximum absolute atomic E-state index is 11.4. The average Bonchev–Trinajstić information content (AvgIpc) is 2.96. The third-order valence-corrected chi connectivity index (χ3v) is 5.30. The van der Waals surface area contributed by atoms with Gasteiger partial charge >= 0.3 is 0 Å². The van der Waals surface area contributed by atoms with E-state index in [1.54, 1.807) is 11.3 Å². The molecule has 1 saturated heterocycles. The number of benzene rings is 1. The lowest BCUT2D eigenvalue weighted by molar-refractivity contribution is 0.467. The summed E-state index contributed by atoms with van der Waals surface area (Å²) >= 11 is 1.61. The molecule has 2 heterocycles. The molecule has 2 aromatic rings. The zero-order valence-electron chi connectivity index (χ0n) is 12.4. The highest BCUT2D eigenvalue weighted by Crippen LogP contribution is 2.29. The van der Waals surface area contributed by atoms with Gasteiger partial charge < -0.3 is 4.90 Å². The minimum absolute atomic E-state index is 0.0344. The largest absolute Gasteiger partial charge is 0.346 e. The summed E-state index contributed by atoms with van der Waals surface area (Å²) < 4.78 is 25.5. The van der Waals surface area contributed by atoms with Crippen molar-refractivity contribution in [2.75, 3.05) is 24.2 Å². The fourth-order valence-electron chi connectivity index (χ4n) is 2.70. The van der Waals surface area contributed by atoms with Gasteiger partial charge in [0.2, 0.25) is 10.0 Å². The van der Waals surface area contributed by atoms with E-state index in [9.17, 15) is 8.42 Å². The van der Waals surface area contributed by atoms with Gasteiger partial charge in [-0.2, -0.15) is 0 Å². The van der Waals surface area contributed by atoms with Crippen LogP contribution in [0.4, 0.5) is 5.13 Å². The second-order valence-electron chi connectivity index (χ2n) is 5.56. The van der Waals surface area contributed by atoms with Crippen molar-refractivity contribution in [2.24, 2.45) is 0 Å². The van der Waals surface area contributed by atoms with Crippen molar-refractivity contribution in [3.8, 4) is 11.3 Å². The summed E-state index contributed by atoms with van der Waals surface area (Å²) in [6.45, 7) is 1.60. The van der Waals surface area contributed by atoms with Crippen molar-refractivity contribution in [3.05, 3.63) is 35.7 Å². The Labute approximate surface area is 135 Å². The van der Waals surface area contributed by atoms with E-state index in [2.05, 4.69) is 15.0 Å². The van der Waals surface area contributed by atoms with E-state index in [4.69, 9.17) is 4.98 Å². The molecular weight excluding hydrogens is 318 g/mol. The summed E-state index contributed by atoms with van der Waals surface area (Å²) in [5.41, 5.74) is 2.08. The Balaban J connectivity index is 1.73. The molecular formula is C15H19N3O2S2. The molecule has 22 heavy (non-hydrogen) atoms. The van der Waals surface area contributed by atoms with Crippen LogP contribution in [0.25, 0.3) is 11.3 Å². The van der Waals surface area contributed by atoms with Crippen LogP contribution in [0.2, 0.25) is 0 Å². The van der Waals surface area contributed by atoms with Gasteiger partial charge in [0.15, 0.2) is 5.13 Å². The molecule has 0 bridgehead atoms. The van der Waals surface area contributed by atoms with Gasteiger partial charge in [-0.05, 0) is 12.8 Å². The van der Waals surface area contributed by atoms with Gasteiger partial charge in [0.1, 0.15) is 0 Å². The van der Waals surface area contributed by atoms with Gasteiger partial charge in [0, 0.05) is 30.1 Å². The van der Waals surface area contributed by atoms with Gasteiger partial charge in [-0.15, -0.1) is 11.3 Å². The van der Waals surface area contributed by atoms with E-state index < -0.39 is 10.0 Å². The Hall–Kier alpha value is -1.44. The number of sulfonamides is 1. The van der Waals surface area contributed by atoms with E-state index in [1.165, 1.54) is 6.26 Å². The fourth-order valence-corrected chi connectivity index (χ4v) is 4.37. The molecule has 1 atom stereocenters. The second-order valence-corrected chi connectivity index (χ2v) is 8.17. The Bertz CT molecular complexity index is 728. The molecule has 7 heteroatoms.